The molecule has 0 aromatic heterocycles. The number of carbonyl (C=O) groups is 2. The van der Waals surface area contributed by atoms with Crippen molar-refractivity contribution in [2.24, 2.45) is 5.92 Å². The Morgan fingerprint density at radius 3 is 2.39 bits per heavy atom. The fraction of sp³-hybridized carbons (Fsp3) is 0.833. The average molecular weight is 257 g/mol. The number of hydrogen-bond donors (Lipinski definition) is 3. The number of nitrogens with zero attached hydrogens (tertiary/aromatic N) is 1. The van der Waals surface area contributed by atoms with Crippen LogP contribution in [0.3, 0.4) is 0 Å². The van der Waals surface area contributed by atoms with Crippen molar-refractivity contribution in [1.82, 2.24) is 15.5 Å². The molecular weight excluding hydrogens is 234 g/mol. The molecule has 0 bridgehead atoms. The van der Waals surface area contributed by atoms with Crippen molar-refractivity contribution in [3.8, 4) is 0 Å². The van der Waals surface area contributed by atoms with Crippen molar-refractivity contribution in [1.29, 1.82) is 0 Å². The fourth-order valence-corrected chi connectivity index (χ4v) is 2.08. The van der Waals surface area contributed by atoms with E-state index < -0.39 is 17.5 Å². The SMILES string of the molecule is CC(CN(C)C)NC(=O)NC(C)(C(=O)O)C1CC1. The van der Waals surface area contributed by atoms with Gasteiger partial charge in [-0.2, -0.15) is 0 Å². The van der Waals surface area contributed by atoms with Crippen molar-refractivity contribution in [2.75, 3.05) is 20.6 Å². The maximum atomic E-state index is 11.8. The van der Waals surface area contributed by atoms with E-state index in [0.29, 0.717) is 6.54 Å². The van der Waals surface area contributed by atoms with E-state index in [0.717, 1.165) is 12.8 Å². The van der Waals surface area contributed by atoms with Gasteiger partial charge in [-0.05, 0) is 46.7 Å². The van der Waals surface area contributed by atoms with Gasteiger partial charge >= 0.3 is 12.0 Å². The molecule has 1 fully saturated rings. The molecule has 6 heteroatoms. The highest BCUT2D eigenvalue weighted by Gasteiger charge is 2.48. The summed E-state index contributed by atoms with van der Waals surface area (Å²) >= 11 is 0. The van der Waals surface area contributed by atoms with Crippen LogP contribution in [0.15, 0.2) is 0 Å². The third-order valence-corrected chi connectivity index (χ3v) is 3.23. The Kier molecular flexibility index (Phi) is 4.56. The smallest absolute Gasteiger partial charge is 0.329 e. The summed E-state index contributed by atoms with van der Waals surface area (Å²) in [5.74, 6) is -0.926. The summed E-state index contributed by atoms with van der Waals surface area (Å²) in [5, 5.41) is 14.6. The zero-order chi connectivity index (χ0) is 13.9. The molecular formula is C12H23N3O3. The molecule has 3 N–H and O–H groups in total. The van der Waals surface area contributed by atoms with E-state index in [-0.39, 0.29) is 12.0 Å². The van der Waals surface area contributed by atoms with Crippen LogP contribution in [0.4, 0.5) is 4.79 Å². The average Bonchev–Trinajstić information content (AvgIpc) is 2.97. The molecule has 2 atom stereocenters. The van der Waals surface area contributed by atoms with Gasteiger partial charge in [-0.1, -0.05) is 0 Å². The van der Waals surface area contributed by atoms with E-state index in [1.165, 1.54) is 0 Å². The van der Waals surface area contributed by atoms with Gasteiger partial charge in [0, 0.05) is 12.6 Å². The lowest BCUT2D eigenvalue weighted by atomic mass is 9.96. The number of likely N-dealkylation sites (N-methyl/N-ethyl adjacent to an activating group) is 1. The summed E-state index contributed by atoms with van der Waals surface area (Å²) in [5.41, 5.74) is -1.15. The second kappa shape index (κ2) is 5.56. The molecule has 0 aromatic rings. The molecule has 0 spiro atoms. The molecule has 0 heterocycles. The molecule has 2 amide bonds. The van der Waals surface area contributed by atoms with Crippen molar-refractivity contribution in [3.05, 3.63) is 0 Å². The lowest BCUT2D eigenvalue weighted by Gasteiger charge is -2.27. The lowest BCUT2D eigenvalue weighted by molar-refractivity contribution is -0.144. The topological polar surface area (TPSA) is 81.7 Å². The Hall–Kier alpha value is -1.30. The van der Waals surface area contributed by atoms with Crippen molar-refractivity contribution in [3.63, 3.8) is 0 Å². The first kappa shape index (κ1) is 14.8. The van der Waals surface area contributed by atoms with Crippen LogP contribution in [0.1, 0.15) is 26.7 Å². The highest BCUT2D eigenvalue weighted by atomic mass is 16.4. The van der Waals surface area contributed by atoms with E-state index in [2.05, 4.69) is 10.6 Å². The molecule has 2 unspecified atom stereocenters. The first-order valence-electron chi connectivity index (χ1n) is 6.22. The number of urea groups is 1. The number of carboxylic acids is 1. The second-order valence-electron chi connectivity index (χ2n) is 5.54. The van der Waals surface area contributed by atoms with Gasteiger partial charge in [0.2, 0.25) is 0 Å². The second-order valence-corrected chi connectivity index (χ2v) is 5.54. The Morgan fingerprint density at radius 2 is 2.00 bits per heavy atom. The van der Waals surface area contributed by atoms with E-state index in [9.17, 15) is 14.7 Å². The molecule has 0 saturated heterocycles. The maximum Gasteiger partial charge on any atom is 0.329 e. The van der Waals surface area contributed by atoms with Gasteiger partial charge < -0.3 is 20.6 Å². The monoisotopic (exact) mass is 257 g/mol. The zero-order valence-corrected chi connectivity index (χ0v) is 11.5. The third kappa shape index (κ3) is 3.87. The van der Waals surface area contributed by atoms with Gasteiger partial charge in [0.1, 0.15) is 5.54 Å². The van der Waals surface area contributed by atoms with E-state index in [1.54, 1.807) is 6.92 Å². The standard InChI is InChI=1S/C12H23N3O3/c1-8(7-15(3)4)13-11(18)14-12(2,10(16)17)9-5-6-9/h8-9H,5-7H2,1-4H3,(H,16,17)(H2,13,14,18). The normalized spacial score (nSPS) is 20.1. The minimum Gasteiger partial charge on any atom is -0.480 e. The van der Waals surface area contributed by atoms with E-state index in [1.807, 2.05) is 25.9 Å². The van der Waals surface area contributed by atoms with Crippen LogP contribution < -0.4 is 10.6 Å². The Balaban J connectivity index is 2.50. The van der Waals surface area contributed by atoms with Gasteiger partial charge in [0.05, 0.1) is 0 Å². The number of hydrogen-bond acceptors (Lipinski definition) is 3. The molecule has 0 radical (unpaired) electrons. The van der Waals surface area contributed by atoms with Crippen LogP contribution in [-0.4, -0.2) is 54.2 Å². The van der Waals surface area contributed by atoms with Crippen molar-refractivity contribution < 1.29 is 14.7 Å². The zero-order valence-electron chi connectivity index (χ0n) is 11.5. The molecule has 1 saturated carbocycles. The van der Waals surface area contributed by atoms with Crippen molar-refractivity contribution >= 4 is 12.0 Å². The quantitative estimate of drug-likeness (QED) is 0.647. The maximum absolute atomic E-state index is 11.8. The van der Waals surface area contributed by atoms with Gasteiger partial charge in [-0.25, -0.2) is 9.59 Å². The first-order chi connectivity index (χ1) is 8.25. The highest BCUT2D eigenvalue weighted by Crippen LogP contribution is 2.39. The molecule has 1 aliphatic carbocycles. The predicted octanol–water partition coefficient (Wildman–Crippen LogP) is 0.489. The fourth-order valence-electron chi connectivity index (χ4n) is 2.08. The Bertz CT molecular complexity index is 329. The van der Waals surface area contributed by atoms with Gasteiger partial charge in [0.25, 0.3) is 0 Å². The third-order valence-electron chi connectivity index (χ3n) is 3.23. The molecule has 18 heavy (non-hydrogen) atoms. The van der Waals surface area contributed by atoms with Crippen LogP contribution in [0, 0.1) is 5.92 Å². The summed E-state index contributed by atoms with van der Waals surface area (Å²) < 4.78 is 0. The molecule has 0 aromatic carbocycles. The number of carboxylic acid groups (broad SMARTS) is 1. The summed E-state index contributed by atoms with van der Waals surface area (Å²) in [7, 11) is 3.84. The number of aliphatic carboxylic acids is 1. The molecule has 6 nitrogen and oxygen atoms in total. The highest BCUT2D eigenvalue weighted by molar-refractivity contribution is 5.86. The van der Waals surface area contributed by atoms with Crippen LogP contribution in [0.5, 0.6) is 0 Å². The number of nitrogens with one attached hydrogen (secondary N) is 2. The molecule has 0 aliphatic heterocycles. The number of amides is 2. The predicted molar refractivity (Wildman–Crippen MR) is 68.4 cm³/mol. The lowest BCUT2D eigenvalue weighted by Crippen LogP contribution is -2.58. The minimum atomic E-state index is -1.15. The van der Waals surface area contributed by atoms with Crippen LogP contribution >= 0.6 is 0 Å². The van der Waals surface area contributed by atoms with Gasteiger partial charge in [0.15, 0.2) is 0 Å². The molecule has 1 rings (SSSR count). The molecule has 1 aliphatic rings. The first-order valence-corrected chi connectivity index (χ1v) is 6.22. The number of carbonyl (C=O) groups excluding carboxylic acids is 1. The largest absolute Gasteiger partial charge is 0.480 e. The van der Waals surface area contributed by atoms with Crippen LogP contribution in [0.25, 0.3) is 0 Å². The van der Waals surface area contributed by atoms with Crippen molar-refractivity contribution in [2.45, 2.75) is 38.3 Å². The van der Waals surface area contributed by atoms with Gasteiger partial charge in [-0.15, -0.1) is 0 Å². The van der Waals surface area contributed by atoms with E-state index in [4.69, 9.17) is 0 Å². The van der Waals surface area contributed by atoms with Crippen LogP contribution in [-0.2, 0) is 4.79 Å². The summed E-state index contributed by atoms with van der Waals surface area (Å²) in [6.45, 7) is 4.17. The Morgan fingerprint density at radius 1 is 1.44 bits per heavy atom. The Labute approximate surface area is 108 Å². The summed E-state index contributed by atoms with van der Waals surface area (Å²) in [4.78, 5) is 25.0. The van der Waals surface area contributed by atoms with Gasteiger partial charge in [-0.3, -0.25) is 0 Å². The van der Waals surface area contributed by atoms with E-state index >= 15 is 0 Å². The van der Waals surface area contributed by atoms with Crippen LogP contribution in [0.2, 0.25) is 0 Å². The number of rotatable bonds is 6. The summed E-state index contributed by atoms with van der Waals surface area (Å²) in [6, 6.07) is -0.446. The summed E-state index contributed by atoms with van der Waals surface area (Å²) in [6.07, 6.45) is 1.71. The minimum absolute atomic E-state index is 0.0303. The molecule has 104 valence electrons.